The molecule has 1 atom stereocenters. The van der Waals surface area contributed by atoms with Crippen LogP contribution in [0.3, 0.4) is 0 Å². The molecule has 122 valence electrons. The van der Waals surface area contributed by atoms with E-state index >= 15 is 0 Å². The Bertz CT molecular complexity index is 639. The van der Waals surface area contributed by atoms with Crippen LogP contribution in [0, 0.1) is 16.0 Å². The van der Waals surface area contributed by atoms with Crippen LogP contribution in [0.25, 0.3) is 0 Å². The molecule has 1 heterocycles. The van der Waals surface area contributed by atoms with Gasteiger partial charge in [0.15, 0.2) is 0 Å². The molecule has 0 bridgehead atoms. The first-order chi connectivity index (χ1) is 10.4. The third kappa shape index (κ3) is 4.02. The molecule has 8 heteroatoms. The predicted octanol–water partition coefficient (Wildman–Crippen LogP) is 1.44. The molecule has 1 saturated heterocycles. The van der Waals surface area contributed by atoms with Crippen molar-refractivity contribution in [3.8, 4) is 0 Å². The van der Waals surface area contributed by atoms with E-state index in [1.165, 1.54) is 12.1 Å². The fraction of sp³-hybridized carbons (Fsp3) is 0.571. The number of nitrogens with one attached hydrogen (secondary N) is 2. The highest BCUT2D eigenvalue weighted by Gasteiger charge is 2.22. The van der Waals surface area contributed by atoms with Crippen molar-refractivity contribution in [2.24, 2.45) is 5.92 Å². The highest BCUT2D eigenvalue weighted by Crippen LogP contribution is 2.23. The summed E-state index contributed by atoms with van der Waals surface area (Å²) < 4.78 is 27.4. The van der Waals surface area contributed by atoms with Crippen LogP contribution in [0.15, 0.2) is 23.1 Å². The van der Waals surface area contributed by atoms with E-state index in [0.717, 1.165) is 32.0 Å². The second-order valence-electron chi connectivity index (χ2n) is 5.45. The number of nitrogens with zero attached hydrogens (tertiary/aromatic N) is 1. The maximum atomic E-state index is 12.4. The molecule has 0 spiro atoms. The summed E-state index contributed by atoms with van der Waals surface area (Å²) in [4.78, 5) is 10.3. The summed E-state index contributed by atoms with van der Waals surface area (Å²) >= 11 is 0. The second-order valence-corrected chi connectivity index (χ2v) is 7.18. The van der Waals surface area contributed by atoms with Crippen LogP contribution in [0.1, 0.15) is 25.3 Å². The number of non-ortho nitro benzene ring substituents is 1. The topological polar surface area (TPSA) is 101 Å². The van der Waals surface area contributed by atoms with Gasteiger partial charge >= 0.3 is 0 Å². The summed E-state index contributed by atoms with van der Waals surface area (Å²) in [6.07, 6.45) is 2.32. The highest BCUT2D eigenvalue weighted by molar-refractivity contribution is 7.89. The van der Waals surface area contributed by atoms with Gasteiger partial charge in [0.1, 0.15) is 0 Å². The SMILES string of the molecule is CCc1ccc([N+](=O)[O-])cc1S(=O)(=O)NCCC1CCNC1. The number of benzene rings is 1. The molecule has 0 saturated carbocycles. The zero-order valence-corrected chi connectivity index (χ0v) is 13.4. The van der Waals surface area contributed by atoms with E-state index in [9.17, 15) is 18.5 Å². The van der Waals surface area contributed by atoms with Gasteiger partial charge in [-0.05, 0) is 43.8 Å². The van der Waals surface area contributed by atoms with Gasteiger partial charge in [0, 0.05) is 18.7 Å². The van der Waals surface area contributed by atoms with Gasteiger partial charge in [0.05, 0.1) is 9.82 Å². The van der Waals surface area contributed by atoms with Crippen LogP contribution in [-0.4, -0.2) is 33.0 Å². The minimum atomic E-state index is -3.73. The van der Waals surface area contributed by atoms with E-state index in [4.69, 9.17) is 0 Å². The molecule has 2 N–H and O–H groups in total. The number of hydrogen-bond donors (Lipinski definition) is 2. The second kappa shape index (κ2) is 7.17. The first kappa shape index (κ1) is 16.9. The Morgan fingerprint density at radius 3 is 2.82 bits per heavy atom. The van der Waals surface area contributed by atoms with Crippen molar-refractivity contribution >= 4 is 15.7 Å². The maximum absolute atomic E-state index is 12.4. The quantitative estimate of drug-likeness (QED) is 0.583. The Morgan fingerprint density at radius 2 is 2.23 bits per heavy atom. The fourth-order valence-electron chi connectivity index (χ4n) is 2.64. The van der Waals surface area contributed by atoms with Crippen LogP contribution in [0.4, 0.5) is 5.69 Å². The lowest BCUT2D eigenvalue weighted by atomic mass is 10.1. The van der Waals surface area contributed by atoms with Crippen molar-refractivity contribution in [1.29, 1.82) is 0 Å². The molecule has 1 aliphatic rings. The average molecular weight is 327 g/mol. The molecule has 0 amide bonds. The Balaban J connectivity index is 2.12. The summed E-state index contributed by atoms with van der Waals surface area (Å²) in [5, 5.41) is 14.1. The highest BCUT2D eigenvalue weighted by atomic mass is 32.2. The molecular weight excluding hydrogens is 306 g/mol. The molecule has 1 fully saturated rings. The van der Waals surface area contributed by atoms with E-state index in [0.29, 0.717) is 24.4 Å². The predicted molar refractivity (Wildman–Crippen MR) is 83.3 cm³/mol. The Morgan fingerprint density at radius 1 is 1.45 bits per heavy atom. The van der Waals surface area contributed by atoms with E-state index in [-0.39, 0.29) is 10.6 Å². The van der Waals surface area contributed by atoms with Gasteiger partial charge in [-0.2, -0.15) is 0 Å². The monoisotopic (exact) mass is 327 g/mol. The minimum Gasteiger partial charge on any atom is -0.316 e. The Kier molecular flexibility index (Phi) is 5.49. The summed E-state index contributed by atoms with van der Waals surface area (Å²) in [6.45, 7) is 4.06. The van der Waals surface area contributed by atoms with Crippen molar-refractivity contribution < 1.29 is 13.3 Å². The summed E-state index contributed by atoms with van der Waals surface area (Å²) in [5.41, 5.74) is 0.373. The van der Waals surface area contributed by atoms with Gasteiger partial charge in [-0.1, -0.05) is 13.0 Å². The molecule has 0 radical (unpaired) electrons. The Labute approximate surface area is 130 Å². The van der Waals surface area contributed by atoms with Crippen molar-refractivity contribution in [1.82, 2.24) is 10.0 Å². The van der Waals surface area contributed by atoms with Gasteiger partial charge in [0.25, 0.3) is 5.69 Å². The van der Waals surface area contributed by atoms with Gasteiger partial charge in [0.2, 0.25) is 10.0 Å². The largest absolute Gasteiger partial charge is 0.316 e. The molecule has 0 aliphatic carbocycles. The number of nitro benzene ring substituents is 1. The van der Waals surface area contributed by atoms with Gasteiger partial charge < -0.3 is 5.32 Å². The van der Waals surface area contributed by atoms with Gasteiger partial charge in [-0.15, -0.1) is 0 Å². The van der Waals surface area contributed by atoms with Crippen molar-refractivity contribution in [3.05, 3.63) is 33.9 Å². The maximum Gasteiger partial charge on any atom is 0.270 e. The summed E-state index contributed by atoms with van der Waals surface area (Å²) in [7, 11) is -3.73. The lowest BCUT2D eigenvalue weighted by Crippen LogP contribution is -2.27. The van der Waals surface area contributed by atoms with Crippen molar-refractivity contribution in [2.45, 2.75) is 31.1 Å². The molecular formula is C14H21N3O4S. The molecule has 1 aromatic carbocycles. The molecule has 1 aromatic rings. The third-order valence-electron chi connectivity index (χ3n) is 3.94. The van der Waals surface area contributed by atoms with Crippen LogP contribution in [-0.2, 0) is 16.4 Å². The normalized spacial score (nSPS) is 18.5. The average Bonchev–Trinajstić information content (AvgIpc) is 2.99. The lowest BCUT2D eigenvalue weighted by molar-refractivity contribution is -0.385. The number of sulfonamides is 1. The number of nitro groups is 1. The van der Waals surface area contributed by atoms with E-state index in [1.54, 1.807) is 0 Å². The zero-order valence-electron chi connectivity index (χ0n) is 12.5. The van der Waals surface area contributed by atoms with Crippen LogP contribution in [0.2, 0.25) is 0 Å². The molecule has 0 aromatic heterocycles. The summed E-state index contributed by atoms with van der Waals surface area (Å²) in [6, 6.07) is 3.98. The van der Waals surface area contributed by atoms with Crippen molar-refractivity contribution in [2.75, 3.05) is 19.6 Å². The van der Waals surface area contributed by atoms with Crippen LogP contribution in [0.5, 0.6) is 0 Å². The van der Waals surface area contributed by atoms with Crippen LogP contribution >= 0.6 is 0 Å². The fourth-order valence-corrected chi connectivity index (χ4v) is 4.01. The smallest absolute Gasteiger partial charge is 0.270 e. The van der Waals surface area contributed by atoms with Crippen molar-refractivity contribution in [3.63, 3.8) is 0 Å². The van der Waals surface area contributed by atoms with Gasteiger partial charge in [-0.3, -0.25) is 10.1 Å². The zero-order chi connectivity index (χ0) is 16.2. The Hall–Kier alpha value is -1.51. The first-order valence-corrected chi connectivity index (χ1v) is 8.90. The van der Waals surface area contributed by atoms with E-state index in [1.807, 2.05) is 6.92 Å². The summed E-state index contributed by atoms with van der Waals surface area (Å²) in [5.74, 6) is 0.485. The minimum absolute atomic E-state index is 0.00810. The van der Waals surface area contributed by atoms with E-state index in [2.05, 4.69) is 10.0 Å². The lowest BCUT2D eigenvalue weighted by Gasteiger charge is -2.12. The van der Waals surface area contributed by atoms with Crippen LogP contribution < -0.4 is 10.0 Å². The molecule has 7 nitrogen and oxygen atoms in total. The first-order valence-electron chi connectivity index (χ1n) is 7.41. The number of aryl methyl sites for hydroxylation is 1. The molecule has 2 rings (SSSR count). The number of rotatable bonds is 7. The number of hydrogen-bond acceptors (Lipinski definition) is 5. The third-order valence-corrected chi connectivity index (χ3v) is 5.48. The van der Waals surface area contributed by atoms with E-state index < -0.39 is 14.9 Å². The standard InChI is InChI=1S/C14H21N3O4S/c1-2-12-3-4-13(17(18)19)9-14(12)22(20,21)16-8-6-11-5-7-15-10-11/h3-4,9,11,15-16H,2,5-8,10H2,1H3. The van der Waals surface area contributed by atoms with Gasteiger partial charge in [-0.25, -0.2) is 13.1 Å². The molecule has 1 aliphatic heterocycles. The molecule has 1 unspecified atom stereocenters. The molecule has 22 heavy (non-hydrogen) atoms.